The van der Waals surface area contributed by atoms with E-state index < -0.39 is 0 Å². The number of nitrogens with zero attached hydrogens (tertiary/aromatic N) is 3. The molecular weight excluding hydrogens is 250 g/mol. The molecule has 2 aromatic heterocycles. The molecule has 0 aliphatic carbocycles. The van der Waals surface area contributed by atoms with Crippen molar-refractivity contribution in [2.75, 3.05) is 7.11 Å². The lowest BCUT2D eigenvalue weighted by molar-refractivity contribution is 0.266. The van der Waals surface area contributed by atoms with Gasteiger partial charge in [-0.05, 0) is 22.0 Å². The molecule has 0 amide bonds. The van der Waals surface area contributed by atoms with E-state index in [1.165, 1.54) is 7.11 Å². The van der Waals surface area contributed by atoms with Crippen LogP contribution in [0.4, 0.5) is 0 Å². The third-order valence-corrected chi connectivity index (χ3v) is 2.21. The number of methoxy groups -OCH3 is 1. The lowest BCUT2D eigenvalue weighted by Crippen LogP contribution is -2.03. The lowest BCUT2D eigenvalue weighted by atomic mass is 10.5. The Bertz CT molecular complexity index is 469. The number of aliphatic hydroxyl groups is 1. The van der Waals surface area contributed by atoms with Crippen molar-refractivity contribution in [2.24, 2.45) is 0 Å². The molecule has 14 heavy (non-hydrogen) atoms. The van der Waals surface area contributed by atoms with E-state index in [0.717, 1.165) is 9.99 Å². The number of aromatic nitrogens is 3. The van der Waals surface area contributed by atoms with Gasteiger partial charge in [0.1, 0.15) is 12.1 Å². The molecule has 2 rings (SSSR count). The van der Waals surface area contributed by atoms with Crippen LogP contribution < -0.4 is 4.74 Å². The maximum Gasteiger partial charge on any atom is 0.241 e. The van der Waals surface area contributed by atoms with E-state index in [4.69, 9.17) is 9.84 Å². The number of halogens is 1. The first-order valence-corrected chi connectivity index (χ1v) is 4.73. The molecule has 0 saturated carbocycles. The Morgan fingerprint density at radius 1 is 1.64 bits per heavy atom. The summed E-state index contributed by atoms with van der Waals surface area (Å²) in [6.45, 7) is -0.206. The van der Waals surface area contributed by atoms with E-state index in [9.17, 15) is 0 Å². The Kier molecular flexibility index (Phi) is 2.39. The fraction of sp³-hybridized carbons (Fsp3) is 0.250. The molecule has 2 heterocycles. The Morgan fingerprint density at radius 3 is 3.07 bits per heavy atom. The molecule has 0 aliphatic rings. The van der Waals surface area contributed by atoms with Crippen molar-refractivity contribution in [1.82, 2.24) is 14.6 Å². The van der Waals surface area contributed by atoms with Crippen LogP contribution in [0.25, 0.3) is 5.52 Å². The summed E-state index contributed by atoms with van der Waals surface area (Å²) in [5.41, 5.74) is 0.761. The maximum atomic E-state index is 8.92. The third-order valence-electron chi connectivity index (χ3n) is 1.77. The Balaban J connectivity index is 2.72. The summed E-state index contributed by atoms with van der Waals surface area (Å²) in [6, 6.07) is 1.85. The van der Waals surface area contributed by atoms with Crippen LogP contribution in [0, 0.1) is 0 Å². The van der Waals surface area contributed by atoms with Crippen molar-refractivity contribution in [1.29, 1.82) is 0 Å². The minimum absolute atomic E-state index is 0.206. The molecule has 0 radical (unpaired) electrons. The van der Waals surface area contributed by atoms with E-state index >= 15 is 0 Å². The molecule has 1 N–H and O–H groups in total. The topological polar surface area (TPSA) is 59.7 Å². The molecule has 0 saturated heterocycles. The fourth-order valence-corrected chi connectivity index (χ4v) is 1.61. The molecule has 0 bridgehead atoms. The van der Waals surface area contributed by atoms with Gasteiger partial charge in [0.25, 0.3) is 0 Å². The van der Waals surface area contributed by atoms with E-state index in [1.54, 1.807) is 10.7 Å². The van der Waals surface area contributed by atoms with Gasteiger partial charge in [-0.2, -0.15) is 4.98 Å². The minimum Gasteiger partial charge on any atom is -0.479 e. The van der Waals surface area contributed by atoms with Crippen molar-refractivity contribution in [3.05, 3.63) is 22.6 Å². The minimum atomic E-state index is -0.206. The molecule has 0 unspecified atom stereocenters. The van der Waals surface area contributed by atoms with E-state index in [0.29, 0.717) is 11.7 Å². The molecule has 2 aromatic rings. The van der Waals surface area contributed by atoms with Crippen LogP contribution in [0.1, 0.15) is 5.82 Å². The first-order valence-electron chi connectivity index (χ1n) is 3.94. The molecule has 74 valence electrons. The summed E-state index contributed by atoms with van der Waals surface area (Å²) in [4.78, 5) is 4.03. The monoisotopic (exact) mass is 257 g/mol. The largest absolute Gasteiger partial charge is 0.479 e. The van der Waals surface area contributed by atoms with Crippen LogP contribution in [-0.2, 0) is 6.61 Å². The van der Waals surface area contributed by atoms with Crippen molar-refractivity contribution >= 4 is 21.4 Å². The van der Waals surface area contributed by atoms with Crippen molar-refractivity contribution in [2.45, 2.75) is 6.61 Å². The molecular formula is C8H8BrN3O2. The van der Waals surface area contributed by atoms with Gasteiger partial charge in [-0.25, -0.2) is 4.52 Å². The smallest absolute Gasteiger partial charge is 0.241 e. The van der Waals surface area contributed by atoms with Crippen LogP contribution >= 0.6 is 15.9 Å². The van der Waals surface area contributed by atoms with Crippen LogP contribution in [0.5, 0.6) is 5.88 Å². The van der Waals surface area contributed by atoms with Crippen LogP contribution in [0.15, 0.2) is 16.7 Å². The van der Waals surface area contributed by atoms with Gasteiger partial charge in [0.2, 0.25) is 5.88 Å². The highest BCUT2D eigenvalue weighted by molar-refractivity contribution is 9.10. The highest BCUT2D eigenvalue weighted by Crippen LogP contribution is 2.21. The van der Waals surface area contributed by atoms with Gasteiger partial charge in [0.15, 0.2) is 5.82 Å². The van der Waals surface area contributed by atoms with Crippen molar-refractivity contribution < 1.29 is 9.84 Å². The SMILES string of the molecule is COc1nc(CO)nn2cc(Br)cc12. The third kappa shape index (κ3) is 1.46. The van der Waals surface area contributed by atoms with Gasteiger partial charge in [-0.3, -0.25) is 0 Å². The first-order chi connectivity index (χ1) is 6.74. The maximum absolute atomic E-state index is 8.92. The number of hydrogen-bond donors (Lipinski definition) is 1. The van der Waals surface area contributed by atoms with Gasteiger partial charge in [0, 0.05) is 10.7 Å². The zero-order chi connectivity index (χ0) is 10.1. The van der Waals surface area contributed by atoms with Gasteiger partial charge < -0.3 is 9.84 Å². The first kappa shape index (κ1) is 9.42. The lowest BCUT2D eigenvalue weighted by Gasteiger charge is -2.03. The van der Waals surface area contributed by atoms with Crippen molar-refractivity contribution in [3.63, 3.8) is 0 Å². The number of rotatable bonds is 2. The molecule has 0 spiro atoms. The second-order valence-corrected chi connectivity index (χ2v) is 3.60. The fourth-order valence-electron chi connectivity index (χ4n) is 1.20. The molecule has 0 aliphatic heterocycles. The number of fused-ring (bicyclic) bond motifs is 1. The highest BCUT2D eigenvalue weighted by atomic mass is 79.9. The Labute approximate surface area is 88.5 Å². The molecule has 0 atom stereocenters. The average molecular weight is 258 g/mol. The van der Waals surface area contributed by atoms with Gasteiger partial charge in [-0.15, -0.1) is 5.10 Å². The zero-order valence-corrected chi connectivity index (χ0v) is 9.02. The average Bonchev–Trinajstić information content (AvgIpc) is 2.56. The van der Waals surface area contributed by atoms with Crippen molar-refractivity contribution in [3.8, 4) is 5.88 Å². The zero-order valence-electron chi connectivity index (χ0n) is 7.44. The van der Waals surface area contributed by atoms with Gasteiger partial charge in [-0.1, -0.05) is 0 Å². The van der Waals surface area contributed by atoms with Gasteiger partial charge in [0.05, 0.1) is 7.11 Å². The second-order valence-electron chi connectivity index (χ2n) is 2.68. The number of ether oxygens (including phenoxy) is 1. The highest BCUT2D eigenvalue weighted by Gasteiger charge is 2.08. The standard InChI is InChI=1S/C8H8BrN3O2/c1-14-8-6-2-5(9)3-12(6)11-7(4-13)10-8/h2-3,13H,4H2,1H3. The Morgan fingerprint density at radius 2 is 2.43 bits per heavy atom. The summed E-state index contributed by atoms with van der Waals surface area (Å²) in [5, 5.41) is 13.0. The summed E-state index contributed by atoms with van der Waals surface area (Å²) >= 11 is 3.33. The number of hydrogen-bond acceptors (Lipinski definition) is 4. The predicted octanol–water partition coefficient (Wildman–Crippen LogP) is 0.993. The molecule has 0 fully saturated rings. The Hall–Kier alpha value is -1.14. The van der Waals surface area contributed by atoms with E-state index in [2.05, 4.69) is 26.0 Å². The molecule has 0 aromatic carbocycles. The summed E-state index contributed by atoms with van der Waals surface area (Å²) in [5.74, 6) is 0.784. The van der Waals surface area contributed by atoms with Crippen LogP contribution in [-0.4, -0.2) is 26.8 Å². The number of aliphatic hydroxyl groups excluding tert-OH is 1. The summed E-state index contributed by atoms with van der Waals surface area (Å²) < 4.78 is 7.58. The normalized spacial score (nSPS) is 10.8. The van der Waals surface area contributed by atoms with Gasteiger partial charge >= 0.3 is 0 Å². The summed E-state index contributed by atoms with van der Waals surface area (Å²) in [7, 11) is 1.53. The predicted molar refractivity (Wildman–Crippen MR) is 53.2 cm³/mol. The van der Waals surface area contributed by atoms with E-state index in [-0.39, 0.29) is 6.61 Å². The van der Waals surface area contributed by atoms with Crippen LogP contribution in [0.3, 0.4) is 0 Å². The quantitative estimate of drug-likeness (QED) is 0.872. The second kappa shape index (κ2) is 3.55. The molecule has 5 nitrogen and oxygen atoms in total. The molecule has 6 heteroatoms. The van der Waals surface area contributed by atoms with Crippen LogP contribution in [0.2, 0.25) is 0 Å². The van der Waals surface area contributed by atoms with E-state index in [1.807, 2.05) is 6.07 Å². The summed E-state index contributed by atoms with van der Waals surface area (Å²) in [6.07, 6.45) is 1.78.